The molecule has 0 bridgehead atoms. The summed E-state index contributed by atoms with van der Waals surface area (Å²) in [5.74, 6) is 1.41. The molecule has 0 atom stereocenters. The van der Waals surface area contributed by atoms with E-state index in [4.69, 9.17) is 0 Å². The van der Waals surface area contributed by atoms with Crippen LogP contribution in [0.2, 0.25) is 0 Å². The fraction of sp³-hybridized carbons (Fsp3) is 0.542. The standard InChI is InChI=1S/C24H36N2Si/c1-16-17(2)19(4)21(18(16)3)27-25(23(5,6)7)22(26(27)24(8,9)10)20-14-12-11-13-15-20/h11-15,21H,1-10H3. The Morgan fingerprint density at radius 3 is 1.70 bits per heavy atom. The molecule has 0 saturated carbocycles. The second-order valence-corrected chi connectivity index (χ2v) is 12.3. The number of nitrogens with zero attached hydrogens (tertiary/aromatic N) is 2. The third-order valence-electron chi connectivity index (χ3n) is 6.13. The van der Waals surface area contributed by atoms with E-state index in [9.17, 15) is 0 Å². The second kappa shape index (κ2) is 6.48. The molecule has 0 N–H and O–H groups in total. The number of allylic oxidation sites excluding steroid dienone is 4. The summed E-state index contributed by atoms with van der Waals surface area (Å²) in [5, 5.41) is 0. The summed E-state index contributed by atoms with van der Waals surface area (Å²) in [6, 6.07) is 11.0. The summed E-state index contributed by atoms with van der Waals surface area (Å²) in [4.78, 5) is 0. The normalized spacial score (nSPS) is 16.8. The Kier molecular flexibility index (Phi) is 4.83. The van der Waals surface area contributed by atoms with E-state index < -0.39 is 8.74 Å². The number of hydrogen-bond acceptors (Lipinski definition) is 0. The smallest absolute Gasteiger partial charge is 0.152 e. The lowest BCUT2D eigenvalue weighted by atomic mass is 10.1. The van der Waals surface area contributed by atoms with Crippen LogP contribution >= 0.6 is 0 Å². The Bertz CT molecular complexity index is 868. The lowest BCUT2D eigenvalue weighted by Crippen LogP contribution is -2.72. The number of rotatable bonds is 2. The van der Waals surface area contributed by atoms with E-state index >= 15 is 0 Å². The number of benzene rings is 1. The van der Waals surface area contributed by atoms with E-state index in [2.05, 4.69) is 108 Å². The van der Waals surface area contributed by atoms with Crippen LogP contribution in [0.1, 0.15) is 74.8 Å². The van der Waals surface area contributed by atoms with E-state index in [1.807, 2.05) is 0 Å². The maximum atomic E-state index is 2.77. The predicted molar refractivity (Wildman–Crippen MR) is 117 cm³/mol. The van der Waals surface area contributed by atoms with Crippen molar-refractivity contribution in [3.8, 4) is 11.4 Å². The quantitative estimate of drug-likeness (QED) is 0.571. The van der Waals surface area contributed by atoms with Gasteiger partial charge in [-0.15, -0.1) is 0 Å². The first-order valence-corrected chi connectivity index (χ1v) is 11.6. The van der Waals surface area contributed by atoms with E-state index in [-0.39, 0.29) is 11.1 Å². The van der Waals surface area contributed by atoms with Crippen molar-refractivity contribution in [2.24, 2.45) is 0 Å². The van der Waals surface area contributed by atoms with Crippen molar-refractivity contribution in [2.75, 3.05) is 0 Å². The van der Waals surface area contributed by atoms with Crippen molar-refractivity contribution >= 4 is 8.74 Å². The van der Waals surface area contributed by atoms with Crippen LogP contribution in [0.15, 0.2) is 52.6 Å². The minimum absolute atomic E-state index is 0.103. The first-order valence-electron chi connectivity index (χ1n) is 10.1. The van der Waals surface area contributed by atoms with Gasteiger partial charge in [-0.2, -0.15) is 0 Å². The predicted octanol–water partition coefficient (Wildman–Crippen LogP) is 5.92. The Labute approximate surface area is 167 Å². The molecule has 0 unspecified atom stereocenters. The highest BCUT2D eigenvalue weighted by Gasteiger charge is 2.37. The van der Waals surface area contributed by atoms with E-state index in [0.717, 1.165) is 0 Å². The molecule has 1 heterocycles. The van der Waals surface area contributed by atoms with Crippen LogP contribution in [0, 0.1) is 0 Å². The maximum Gasteiger partial charge on any atom is 0.152 e. The molecule has 3 heteroatoms. The number of aromatic nitrogens is 2. The van der Waals surface area contributed by atoms with Gasteiger partial charge in [0.1, 0.15) is 0 Å². The van der Waals surface area contributed by atoms with Gasteiger partial charge in [-0.3, -0.25) is 0 Å². The highest BCUT2D eigenvalue weighted by molar-refractivity contribution is 6.42. The Hall–Kier alpha value is -1.61. The average molecular weight is 381 g/mol. The van der Waals surface area contributed by atoms with Gasteiger partial charge < -0.3 is 8.44 Å². The lowest BCUT2D eigenvalue weighted by Gasteiger charge is -2.51. The molecular formula is C24H36N2Si. The number of hydrogen-bond donors (Lipinski definition) is 0. The van der Waals surface area contributed by atoms with Crippen molar-refractivity contribution in [2.45, 2.75) is 85.9 Å². The highest BCUT2D eigenvalue weighted by atomic mass is 28.2. The van der Waals surface area contributed by atoms with Crippen molar-refractivity contribution < 1.29 is 4.22 Å². The van der Waals surface area contributed by atoms with Gasteiger partial charge in [-0.05, 0) is 86.9 Å². The maximum absolute atomic E-state index is 2.77. The van der Waals surface area contributed by atoms with Gasteiger partial charge >= 0.3 is 0 Å². The molecule has 1 aliphatic rings. The Balaban J connectivity index is 2.37. The zero-order chi connectivity index (χ0) is 20.3. The summed E-state index contributed by atoms with van der Waals surface area (Å²) in [6.45, 7) is 23.5. The molecule has 0 fully saturated rings. The van der Waals surface area contributed by atoms with Crippen molar-refractivity contribution in [3.05, 3.63) is 52.6 Å². The largest absolute Gasteiger partial charge is 0.428 e. The van der Waals surface area contributed by atoms with Crippen LogP contribution in [0.5, 0.6) is 0 Å². The summed E-state index contributed by atoms with van der Waals surface area (Å²) in [7, 11) is -0.961. The van der Waals surface area contributed by atoms with Crippen LogP contribution in [0.4, 0.5) is 0 Å². The molecule has 27 heavy (non-hydrogen) atoms. The molecule has 3 rings (SSSR count). The molecule has 1 aromatic carbocycles. The summed E-state index contributed by atoms with van der Waals surface area (Å²) >= 11 is 0. The van der Waals surface area contributed by atoms with E-state index in [1.165, 1.54) is 22.5 Å². The SMILES string of the molecule is CC1=C(C)C([si-]2n(C(C)(C)C)c(-c3ccccc3)[n+]2C(C)(C)C)C(C)=C1C. The van der Waals surface area contributed by atoms with Gasteiger partial charge in [-0.1, -0.05) is 40.5 Å². The second-order valence-electron chi connectivity index (χ2n) is 10.1. The van der Waals surface area contributed by atoms with E-state index in [0.29, 0.717) is 5.54 Å². The van der Waals surface area contributed by atoms with Gasteiger partial charge in [0.15, 0.2) is 5.82 Å². The van der Waals surface area contributed by atoms with Crippen LogP contribution in [-0.2, 0) is 11.1 Å². The molecule has 0 radical (unpaired) electrons. The molecule has 0 amide bonds. The van der Waals surface area contributed by atoms with Gasteiger partial charge in [0, 0.05) is 16.6 Å². The van der Waals surface area contributed by atoms with Gasteiger partial charge in [0.2, 0.25) is 0 Å². The summed E-state index contributed by atoms with van der Waals surface area (Å²) < 4.78 is 5.53. The van der Waals surface area contributed by atoms with Crippen LogP contribution in [-0.4, -0.2) is 13.0 Å². The van der Waals surface area contributed by atoms with E-state index in [1.54, 1.807) is 11.1 Å². The first-order chi connectivity index (χ1) is 12.4. The lowest BCUT2D eigenvalue weighted by molar-refractivity contribution is -0.714. The van der Waals surface area contributed by atoms with Gasteiger partial charge in [0.25, 0.3) is 0 Å². The molecule has 2 nitrogen and oxygen atoms in total. The first kappa shape index (κ1) is 20.1. The summed E-state index contributed by atoms with van der Waals surface area (Å²) in [6.07, 6.45) is 0. The molecule has 0 saturated heterocycles. The molecule has 2 aromatic rings. The summed E-state index contributed by atoms with van der Waals surface area (Å²) in [5.41, 5.74) is 8.27. The zero-order valence-corrected chi connectivity index (χ0v) is 19.9. The minimum atomic E-state index is -0.961. The fourth-order valence-corrected chi connectivity index (χ4v) is 8.59. The van der Waals surface area contributed by atoms with Crippen molar-refractivity contribution in [3.63, 3.8) is 0 Å². The molecule has 0 aliphatic heterocycles. The topological polar surface area (TPSA) is 8.81 Å². The Morgan fingerprint density at radius 1 is 0.815 bits per heavy atom. The van der Waals surface area contributed by atoms with Gasteiger partial charge in [0.05, 0.1) is 8.74 Å². The fourth-order valence-electron chi connectivity index (χ4n) is 4.54. The Morgan fingerprint density at radius 2 is 1.30 bits per heavy atom. The molecule has 0 spiro atoms. The van der Waals surface area contributed by atoms with Crippen LogP contribution in [0.25, 0.3) is 11.4 Å². The van der Waals surface area contributed by atoms with Gasteiger partial charge in [-0.25, -0.2) is 0 Å². The molecule has 146 valence electrons. The molecular weight excluding hydrogens is 344 g/mol. The monoisotopic (exact) mass is 380 g/mol. The average Bonchev–Trinajstić information content (AvgIpc) is 2.70. The third kappa shape index (κ3) is 3.14. The van der Waals surface area contributed by atoms with Crippen molar-refractivity contribution in [1.82, 2.24) is 4.22 Å². The molecule has 1 aromatic heterocycles. The van der Waals surface area contributed by atoms with Crippen LogP contribution in [0.3, 0.4) is 0 Å². The highest BCUT2D eigenvalue weighted by Crippen LogP contribution is 2.41. The minimum Gasteiger partial charge on any atom is -0.428 e. The molecule has 1 aliphatic carbocycles. The third-order valence-corrected chi connectivity index (χ3v) is 10.2. The zero-order valence-electron chi connectivity index (χ0n) is 18.9. The van der Waals surface area contributed by atoms with Crippen molar-refractivity contribution in [1.29, 1.82) is 0 Å². The van der Waals surface area contributed by atoms with Crippen LogP contribution < -0.4 is 4.22 Å².